The zero-order chi connectivity index (χ0) is 18.8. The van der Waals surface area contributed by atoms with Gasteiger partial charge < -0.3 is 0 Å². The third-order valence-corrected chi connectivity index (χ3v) is 3.86. The van der Waals surface area contributed by atoms with Crippen molar-refractivity contribution in [1.29, 1.82) is 0 Å². The molecule has 0 saturated carbocycles. The minimum atomic E-state index is -4.85. The summed E-state index contributed by atoms with van der Waals surface area (Å²) in [6, 6.07) is 8.94. The van der Waals surface area contributed by atoms with Crippen molar-refractivity contribution >= 4 is 17.1 Å². The minimum absolute atomic E-state index is 0.0979. The van der Waals surface area contributed by atoms with Gasteiger partial charge in [0.2, 0.25) is 0 Å². The third-order valence-electron chi connectivity index (χ3n) is 3.57. The Morgan fingerprint density at radius 2 is 1.20 bits per heavy atom. The summed E-state index contributed by atoms with van der Waals surface area (Å²) in [6.45, 7) is 1.91. The Kier molecular flexibility index (Phi) is 5.56. The lowest BCUT2D eigenvalue weighted by Gasteiger charge is -2.14. The van der Waals surface area contributed by atoms with Crippen LogP contribution in [0.15, 0.2) is 42.5 Å². The summed E-state index contributed by atoms with van der Waals surface area (Å²) < 4.78 is 77.1. The van der Waals surface area contributed by atoms with E-state index in [1.807, 2.05) is 31.2 Å². The van der Waals surface area contributed by atoms with Gasteiger partial charge in [0.1, 0.15) is 0 Å². The summed E-state index contributed by atoms with van der Waals surface area (Å²) in [7, 11) is 0. The van der Waals surface area contributed by atoms with E-state index in [-0.39, 0.29) is 18.1 Å². The molecule has 7 heteroatoms. The number of thiocarbonyl (C=S) groups is 1. The fourth-order valence-corrected chi connectivity index (χ4v) is 2.68. The van der Waals surface area contributed by atoms with Crippen LogP contribution in [0.1, 0.15) is 27.8 Å². The first-order chi connectivity index (χ1) is 11.4. The van der Waals surface area contributed by atoms with E-state index in [2.05, 4.69) is 0 Å². The standard InChI is InChI=1S/C18H14F6S/c1-11-2-4-12(5-3-11)8-16(25)9-13-6-14(17(19,20)21)10-15(7-13)18(22,23)24/h2-7,10H,8-9H2,1H3. The molecule has 0 aliphatic heterocycles. The Hall–Kier alpha value is -1.89. The second-order valence-electron chi connectivity index (χ2n) is 5.79. The second-order valence-corrected chi connectivity index (χ2v) is 6.37. The summed E-state index contributed by atoms with van der Waals surface area (Å²) in [5.41, 5.74) is -0.842. The Labute approximate surface area is 146 Å². The minimum Gasteiger partial charge on any atom is -0.166 e. The molecule has 0 N–H and O–H groups in total. The van der Waals surface area contributed by atoms with Gasteiger partial charge in [-0.15, -0.1) is 0 Å². The Bertz CT molecular complexity index is 724. The zero-order valence-corrected chi connectivity index (χ0v) is 13.9. The van der Waals surface area contributed by atoms with Crippen molar-refractivity contribution < 1.29 is 26.3 Å². The largest absolute Gasteiger partial charge is 0.416 e. The number of hydrogen-bond donors (Lipinski definition) is 0. The number of alkyl halides is 6. The van der Waals surface area contributed by atoms with Crippen LogP contribution in [0, 0.1) is 6.92 Å². The lowest BCUT2D eigenvalue weighted by Crippen LogP contribution is -2.13. The summed E-state index contributed by atoms with van der Waals surface area (Å²) in [5.74, 6) is 0. The molecule has 0 spiro atoms. The number of hydrogen-bond acceptors (Lipinski definition) is 1. The van der Waals surface area contributed by atoms with E-state index in [0.29, 0.717) is 11.3 Å². The molecule has 0 aliphatic carbocycles. The first-order valence-corrected chi connectivity index (χ1v) is 7.71. The van der Waals surface area contributed by atoms with Gasteiger partial charge in [-0.1, -0.05) is 42.0 Å². The van der Waals surface area contributed by atoms with Gasteiger partial charge in [0.05, 0.1) is 11.1 Å². The number of aryl methyl sites for hydroxylation is 1. The maximum Gasteiger partial charge on any atom is 0.416 e. The fourth-order valence-electron chi connectivity index (χ4n) is 2.35. The van der Waals surface area contributed by atoms with Gasteiger partial charge in [-0.2, -0.15) is 26.3 Å². The van der Waals surface area contributed by atoms with E-state index in [0.717, 1.165) is 23.3 Å². The van der Waals surface area contributed by atoms with Crippen molar-refractivity contribution in [2.24, 2.45) is 0 Å². The molecule has 0 saturated heterocycles. The predicted octanol–water partition coefficient (Wildman–Crippen LogP) is 6.19. The van der Waals surface area contributed by atoms with Crippen molar-refractivity contribution in [2.45, 2.75) is 32.1 Å². The van der Waals surface area contributed by atoms with E-state index in [1.54, 1.807) is 0 Å². The van der Waals surface area contributed by atoms with Crippen LogP contribution in [0.25, 0.3) is 0 Å². The van der Waals surface area contributed by atoms with Crippen molar-refractivity contribution in [3.05, 3.63) is 70.3 Å². The van der Waals surface area contributed by atoms with E-state index < -0.39 is 23.5 Å². The van der Waals surface area contributed by atoms with Crippen LogP contribution in [-0.4, -0.2) is 4.86 Å². The maximum atomic E-state index is 12.9. The van der Waals surface area contributed by atoms with E-state index >= 15 is 0 Å². The Morgan fingerprint density at radius 1 is 0.760 bits per heavy atom. The predicted molar refractivity (Wildman–Crippen MR) is 87.6 cm³/mol. The van der Waals surface area contributed by atoms with Crippen LogP contribution >= 0.6 is 12.2 Å². The molecule has 0 fully saturated rings. The van der Waals surface area contributed by atoms with Gasteiger partial charge in [-0.05, 0) is 36.2 Å². The molecule has 25 heavy (non-hydrogen) atoms. The summed E-state index contributed by atoms with van der Waals surface area (Å²) in [6.07, 6.45) is -9.52. The van der Waals surface area contributed by atoms with Crippen molar-refractivity contribution in [3.8, 4) is 0 Å². The van der Waals surface area contributed by atoms with Crippen molar-refractivity contribution in [1.82, 2.24) is 0 Å². The van der Waals surface area contributed by atoms with Gasteiger partial charge in [-0.3, -0.25) is 0 Å². The van der Waals surface area contributed by atoms with Crippen molar-refractivity contribution in [2.75, 3.05) is 0 Å². The molecular formula is C18H14F6S. The normalized spacial score (nSPS) is 12.3. The second kappa shape index (κ2) is 7.15. The molecule has 2 aromatic carbocycles. The summed E-state index contributed by atoms with van der Waals surface area (Å²) in [5, 5.41) is 0. The van der Waals surface area contributed by atoms with Crippen LogP contribution in [-0.2, 0) is 25.2 Å². The maximum absolute atomic E-state index is 12.9. The fraction of sp³-hybridized carbons (Fsp3) is 0.278. The van der Waals surface area contributed by atoms with Crippen LogP contribution in [0.3, 0.4) is 0 Å². The Balaban J connectivity index is 2.25. The zero-order valence-electron chi connectivity index (χ0n) is 13.1. The van der Waals surface area contributed by atoms with Gasteiger partial charge in [0.15, 0.2) is 0 Å². The third kappa shape index (κ3) is 5.56. The smallest absolute Gasteiger partial charge is 0.166 e. The van der Waals surface area contributed by atoms with E-state index in [9.17, 15) is 26.3 Å². The Morgan fingerprint density at radius 3 is 1.64 bits per heavy atom. The molecule has 0 bridgehead atoms. The van der Waals surface area contributed by atoms with Crippen LogP contribution in [0.4, 0.5) is 26.3 Å². The molecule has 0 nitrogen and oxygen atoms in total. The van der Waals surface area contributed by atoms with Crippen molar-refractivity contribution in [3.63, 3.8) is 0 Å². The lowest BCUT2D eigenvalue weighted by molar-refractivity contribution is -0.143. The molecule has 2 rings (SSSR count). The first-order valence-electron chi connectivity index (χ1n) is 7.31. The summed E-state index contributed by atoms with van der Waals surface area (Å²) in [4.78, 5) is 0.372. The molecule has 0 aromatic heterocycles. The average Bonchev–Trinajstić information content (AvgIpc) is 2.47. The number of halogens is 6. The molecule has 0 unspecified atom stereocenters. The molecule has 134 valence electrons. The molecule has 0 amide bonds. The van der Waals surface area contributed by atoms with Crippen LogP contribution in [0.2, 0.25) is 0 Å². The molecule has 0 aliphatic rings. The SMILES string of the molecule is Cc1ccc(CC(=S)Cc2cc(C(F)(F)F)cc(C(F)(F)F)c2)cc1. The molecular weight excluding hydrogens is 362 g/mol. The summed E-state index contributed by atoms with van der Waals surface area (Å²) >= 11 is 5.16. The molecule has 2 aromatic rings. The number of rotatable bonds is 4. The van der Waals surface area contributed by atoms with Crippen LogP contribution in [0.5, 0.6) is 0 Å². The first kappa shape index (κ1) is 19.4. The number of benzene rings is 2. The molecule has 0 atom stereocenters. The highest BCUT2D eigenvalue weighted by Gasteiger charge is 2.36. The van der Waals surface area contributed by atoms with Gasteiger partial charge in [0, 0.05) is 17.7 Å². The topological polar surface area (TPSA) is 0 Å². The quantitative estimate of drug-likeness (QED) is 0.453. The molecule has 0 heterocycles. The van der Waals surface area contributed by atoms with Gasteiger partial charge in [0.25, 0.3) is 0 Å². The molecule has 0 radical (unpaired) electrons. The highest BCUT2D eigenvalue weighted by Crippen LogP contribution is 2.36. The monoisotopic (exact) mass is 376 g/mol. The average molecular weight is 376 g/mol. The van der Waals surface area contributed by atoms with E-state index in [4.69, 9.17) is 12.2 Å². The van der Waals surface area contributed by atoms with Gasteiger partial charge >= 0.3 is 12.4 Å². The van der Waals surface area contributed by atoms with Crippen LogP contribution < -0.4 is 0 Å². The van der Waals surface area contributed by atoms with E-state index in [1.165, 1.54) is 0 Å². The highest BCUT2D eigenvalue weighted by atomic mass is 32.1. The highest BCUT2D eigenvalue weighted by molar-refractivity contribution is 7.80. The van der Waals surface area contributed by atoms with Gasteiger partial charge in [-0.25, -0.2) is 0 Å². The lowest BCUT2D eigenvalue weighted by atomic mass is 9.99.